The van der Waals surface area contributed by atoms with Crippen LogP contribution in [0.1, 0.15) is 19.3 Å². The van der Waals surface area contributed by atoms with Gasteiger partial charge in [0.2, 0.25) is 5.91 Å². The van der Waals surface area contributed by atoms with Crippen LogP contribution < -0.4 is 10.2 Å². The van der Waals surface area contributed by atoms with Gasteiger partial charge < -0.3 is 20.1 Å². The number of para-hydroxylation sites is 2. The Morgan fingerprint density at radius 1 is 1.04 bits per heavy atom. The summed E-state index contributed by atoms with van der Waals surface area (Å²) in [6.07, 6.45) is 0.0802. The van der Waals surface area contributed by atoms with Crippen LogP contribution in [0, 0.1) is 0 Å². The molecule has 2 heterocycles. The van der Waals surface area contributed by atoms with E-state index in [1.807, 2.05) is 24.3 Å². The summed E-state index contributed by atoms with van der Waals surface area (Å²) in [7, 11) is 0. The number of ether oxygens (including phenoxy) is 1. The van der Waals surface area contributed by atoms with Gasteiger partial charge in [-0.25, -0.2) is 4.79 Å². The second-order valence-corrected chi connectivity index (χ2v) is 7.95. The maximum absolute atomic E-state index is 12.2. The maximum atomic E-state index is 12.2. The quantitative estimate of drug-likeness (QED) is 0.726. The van der Waals surface area contributed by atoms with E-state index in [9.17, 15) is 9.59 Å². The number of aliphatic carboxylic acids is 1. The highest BCUT2D eigenvalue weighted by Crippen LogP contribution is 2.47. The Balaban J connectivity index is 1.34. The smallest absolute Gasteiger partial charge is 0.332 e. The van der Waals surface area contributed by atoms with Crippen molar-refractivity contribution in [3.63, 3.8) is 0 Å². The van der Waals surface area contributed by atoms with E-state index in [0.717, 1.165) is 13.0 Å². The maximum Gasteiger partial charge on any atom is 0.332 e. The van der Waals surface area contributed by atoms with Crippen molar-refractivity contribution >= 4 is 35.0 Å². The highest BCUT2D eigenvalue weighted by molar-refractivity contribution is 7.99. The second kappa shape index (κ2) is 8.24. The topological polar surface area (TPSA) is 78.9 Å². The van der Waals surface area contributed by atoms with Crippen molar-refractivity contribution in [1.82, 2.24) is 5.32 Å². The van der Waals surface area contributed by atoms with Crippen molar-refractivity contribution in [2.75, 3.05) is 18.0 Å². The summed E-state index contributed by atoms with van der Waals surface area (Å²) < 4.78 is 5.30. The van der Waals surface area contributed by atoms with E-state index in [2.05, 4.69) is 34.5 Å². The number of benzene rings is 2. The van der Waals surface area contributed by atoms with Gasteiger partial charge in [0.05, 0.1) is 11.4 Å². The fraction of sp³-hybridized carbons (Fsp3) is 0.333. The van der Waals surface area contributed by atoms with Crippen LogP contribution in [0.15, 0.2) is 58.3 Å². The van der Waals surface area contributed by atoms with Gasteiger partial charge in [0, 0.05) is 22.9 Å². The Kier molecular flexibility index (Phi) is 5.54. The van der Waals surface area contributed by atoms with Gasteiger partial charge in [0.15, 0.2) is 6.10 Å². The summed E-state index contributed by atoms with van der Waals surface area (Å²) in [5.41, 5.74) is 2.36. The lowest BCUT2D eigenvalue weighted by molar-refractivity contribution is -0.151. The summed E-state index contributed by atoms with van der Waals surface area (Å²) in [5, 5.41) is 11.9. The monoisotopic (exact) mass is 398 g/mol. The molecule has 2 aromatic carbocycles. The zero-order valence-corrected chi connectivity index (χ0v) is 16.2. The van der Waals surface area contributed by atoms with E-state index < -0.39 is 18.2 Å². The summed E-state index contributed by atoms with van der Waals surface area (Å²) in [6.45, 7) is 1.29. The molecule has 2 atom stereocenters. The van der Waals surface area contributed by atoms with Crippen molar-refractivity contribution in [3.8, 4) is 0 Å². The largest absolute Gasteiger partial charge is 0.479 e. The lowest BCUT2D eigenvalue weighted by Gasteiger charge is -2.32. The first kappa shape index (κ1) is 18.8. The number of rotatable bonds is 6. The van der Waals surface area contributed by atoms with Gasteiger partial charge in [-0.15, -0.1) is 0 Å². The Morgan fingerprint density at radius 3 is 2.25 bits per heavy atom. The molecule has 4 rings (SSSR count). The molecule has 0 aliphatic carbocycles. The molecule has 1 fully saturated rings. The fourth-order valence-corrected chi connectivity index (χ4v) is 4.69. The van der Waals surface area contributed by atoms with Crippen LogP contribution >= 0.6 is 11.8 Å². The van der Waals surface area contributed by atoms with Crippen LogP contribution in [0.5, 0.6) is 0 Å². The molecular weight excluding hydrogens is 376 g/mol. The van der Waals surface area contributed by atoms with Gasteiger partial charge in [-0.3, -0.25) is 4.79 Å². The normalized spacial score (nSPS) is 20.4. The molecule has 146 valence electrons. The van der Waals surface area contributed by atoms with Crippen LogP contribution in [0.3, 0.4) is 0 Å². The van der Waals surface area contributed by atoms with Crippen LogP contribution in [0.25, 0.3) is 0 Å². The van der Waals surface area contributed by atoms with E-state index in [1.54, 1.807) is 11.8 Å². The molecule has 28 heavy (non-hydrogen) atoms. The minimum atomic E-state index is -1.00. The Bertz CT molecular complexity index is 843. The molecule has 2 aliphatic heterocycles. The highest BCUT2D eigenvalue weighted by Gasteiger charge is 2.34. The van der Waals surface area contributed by atoms with E-state index in [-0.39, 0.29) is 5.91 Å². The SMILES string of the molecule is O=C(NCCCN1c2ccccc2Sc2ccccc21)[C@@H]1CC[C@H](C(=O)O)O1. The molecule has 0 spiro atoms. The van der Waals surface area contributed by atoms with Crippen molar-refractivity contribution < 1.29 is 19.4 Å². The van der Waals surface area contributed by atoms with Gasteiger partial charge in [-0.1, -0.05) is 36.0 Å². The average molecular weight is 398 g/mol. The van der Waals surface area contributed by atoms with Crippen LogP contribution in [-0.2, 0) is 14.3 Å². The van der Waals surface area contributed by atoms with Crippen molar-refractivity contribution in [2.45, 2.75) is 41.3 Å². The molecule has 6 nitrogen and oxygen atoms in total. The number of carboxylic acids is 1. The molecule has 0 aromatic heterocycles. The zero-order chi connectivity index (χ0) is 19.5. The number of carbonyl (C=O) groups excluding carboxylic acids is 1. The van der Waals surface area contributed by atoms with Crippen LogP contribution in [0.2, 0.25) is 0 Å². The van der Waals surface area contributed by atoms with Crippen molar-refractivity contribution in [2.24, 2.45) is 0 Å². The molecule has 2 N–H and O–H groups in total. The number of hydrogen-bond acceptors (Lipinski definition) is 5. The average Bonchev–Trinajstić information content (AvgIpc) is 3.21. The Hall–Kier alpha value is -2.51. The third-order valence-corrected chi connectivity index (χ3v) is 6.11. The number of anilines is 2. The number of hydrogen-bond donors (Lipinski definition) is 2. The summed E-state index contributed by atoms with van der Waals surface area (Å²) in [5.74, 6) is -1.23. The number of nitrogens with one attached hydrogen (secondary N) is 1. The van der Waals surface area contributed by atoms with Gasteiger partial charge in [-0.2, -0.15) is 0 Å². The number of carbonyl (C=O) groups is 2. The molecule has 2 aliphatic rings. The lowest BCUT2D eigenvalue weighted by atomic mass is 10.2. The molecule has 2 aromatic rings. The molecule has 0 radical (unpaired) electrons. The minimum absolute atomic E-state index is 0.223. The fourth-order valence-electron chi connectivity index (χ4n) is 3.60. The highest BCUT2D eigenvalue weighted by atomic mass is 32.2. The molecule has 1 saturated heterocycles. The predicted molar refractivity (Wildman–Crippen MR) is 107 cm³/mol. The van der Waals surface area contributed by atoms with Crippen LogP contribution in [0.4, 0.5) is 11.4 Å². The molecule has 0 saturated carbocycles. The van der Waals surface area contributed by atoms with Gasteiger partial charge in [0.25, 0.3) is 0 Å². The first-order valence-electron chi connectivity index (χ1n) is 9.43. The first-order valence-corrected chi connectivity index (χ1v) is 10.2. The second-order valence-electron chi connectivity index (χ2n) is 6.86. The Morgan fingerprint density at radius 2 is 1.64 bits per heavy atom. The van der Waals surface area contributed by atoms with E-state index in [0.29, 0.717) is 19.4 Å². The minimum Gasteiger partial charge on any atom is -0.479 e. The van der Waals surface area contributed by atoms with Gasteiger partial charge >= 0.3 is 5.97 Å². The number of fused-ring (bicyclic) bond motifs is 2. The number of nitrogens with zero attached hydrogens (tertiary/aromatic N) is 1. The molecular formula is C21H22N2O4S. The molecule has 1 amide bonds. The summed E-state index contributed by atoms with van der Waals surface area (Å²) in [6, 6.07) is 16.7. The van der Waals surface area contributed by atoms with Crippen molar-refractivity contribution in [3.05, 3.63) is 48.5 Å². The number of amides is 1. The molecule has 7 heteroatoms. The summed E-state index contributed by atoms with van der Waals surface area (Å²) >= 11 is 1.77. The molecule has 0 bridgehead atoms. The lowest BCUT2D eigenvalue weighted by Crippen LogP contribution is -2.37. The first-order chi connectivity index (χ1) is 13.6. The molecule has 0 unspecified atom stereocenters. The predicted octanol–water partition coefficient (Wildman–Crippen LogP) is 3.43. The van der Waals surface area contributed by atoms with E-state index >= 15 is 0 Å². The Labute approximate surface area is 167 Å². The van der Waals surface area contributed by atoms with Gasteiger partial charge in [0.1, 0.15) is 6.10 Å². The standard InChI is InChI=1S/C21H22N2O4S/c24-20(16-10-11-17(27-16)21(25)26)22-12-5-13-23-14-6-1-3-8-18(14)28-19-9-4-2-7-15(19)23/h1-4,6-9,16-17H,5,10-13H2,(H,22,24)(H,25,26)/t16-,17+/m0/s1. The van der Waals surface area contributed by atoms with Crippen molar-refractivity contribution in [1.29, 1.82) is 0 Å². The summed E-state index contributed by atoms with van der Waals surface area (Å²) in [4.78, 5) is 27.9. The van der Waals surface area contributed by atoms with E-state index in [4.69, 9.17) is 9.84 Å². The zero-order valence-electron chi connectivity index (χ0n) is 15.3. The van der Waals surface area contributed by atoms with E-state index in [1.165, 1.54) is 21.2 Å². The van der Waals surface area contributed by atoms with Crippen LogP contribution in [-0.4, -0.2) is 42.3 Å². The van der Waals surface area contributed by atoms with Gasteiger partial charge in [-0.05, 0) is 43.5 Å². The number of carboxylic acid groups (broad SMARTS) is 1. The third-order valence-electron chi connectivity index (χ3n) is 4.98. The third kappa shape index (κ3) is 3.86.